The van der Waals surface area contributed by atoms with Gasteiger partial charge < -0.3 is 24.2 Å². The van der Waals surface area contributed by atoms with E-state index in [2.05, 4.69) is 4.90 Å². The molecule has 2 heterocycles. The van der Waals surface area contributed by atoms with Crippen molar-refractivity contribution < 1.29 is 28.9 Å². The number of ketones is 1. The van der Waals surface area contributed by atoms with Gasteiger partial charge in [-0.2, -0.15) is 0 Å². The van der Waals surface area contributed by atoms with Crippen molar-refractivity contribution in [1.82, 2.24) is 9.80 Å². The number of methoxy groups -OCH3 is 1. The number of hydrogen-bond acceptors (Lipinski definition) is 7. The Morgan fingerprint density at radius 3 is 2.41 bits per heavy atom. The van der Waals surface area contributed by atoms with Gasteiger partial charge in [-0.25, -0.2) is 0 Å². The zero-order valence-corrected chi connectivity index (χ0v) is 21.9. The zero-order valence-electron chi connectivity index (χ0n) is 21.9. The number of carbonyl (C=O) groups is 2. The predicted octanol–water partition coefficient (Wildman–Crippen LogP) is 3.94. The number of carbonyl (C=O) groups excluding carboxylic acids is 2. The molecule has 2 fully saturated rings. The van der Waals surface area contributed by atoms with Gasteiger partial charge in [0.2, 0.25) is 0 Å². The highest BCUT2D eigenvalue weighted by Gasteiger charge is 2.46. The average molecular weight is 509 g/mol. The van der Waals surface area contributed by atoms with Gasteiger partial charge in [0.1, 0.15) is 17.3 Å². The maximum atomic E-state index is 13.3. The number of likely N-dealkylation sites (tertiary alicyclic amines) is 1. The molecule has 8 nitrogen and oxygen atoms in total. The topological polar surface area (TPSA) is 88.5 Å². The van der Waals surface area contributed by atoms with Crippen molar-refractivity contribution >= 4 is 17.4 Å². The molecule has 2 saturated heterocycles. The summed E-state index contributed by atoms with van der Waals surface area (Å²) in [5.74, 6) is -0.0626. The Balaban J connectivity index is 1.67. The number of amides is 1. The fourth-order valence-corrected chi connectivity index (χ4v) is 4.89. The highest BCUT2D eigenvalue weighted by atomic mass is 16.5. The molecule has 37 heavy (non-hydrogen) atoms. The summed E-state index contributed by atoms with van der Waals surface area (Å²) in [5.41, 5.74) is 2.12. The monoisotopic (exact) mass is 508 g/mol. The maximum absolute atomic E-state index is 13.3. The van der Waals surface area contributed by atoms with E-state index in [0.29, 0.717) is 49.8 Å². The van der Waals surface area contributed by atoms with Crippen molar-refractivity contribution in [2.75, 3.05) is 53.1 Å². The van der Waals surface area contributed by atoms with Crippen molar-refractivity contribution in [2.45, 2.75) is 32.7 Å². The summed E-state index contributed by atoms with van der Waals surface area (Å²) in [7, 11) is 1.59. The molecule has 0 aromatic heterocycles. The van der Waals surface area contributed by atoms with Gasteiger partial charge in [-0.3, -0.25) is 14.5 Å². The number of ether oxygens (including phenoxy) is 3. The van der Waals surface area contributed by atoms with E-state index in [4.69, 9.17) is 14.2 Å². The van der Waals surface area contributed by atoms with Crippen molar-refractivity contribution in [3.05, 3.63) is 64.7 Å². The molecule has 2 aliphatic heterocycles. The minimum absolute atomic E-state index is 0.104. The van der Waals surface area contributed by atoms with E-state index in [1.807, 2.05) is 32.0 Å². The van der Waals surface area contributed by atoms with Crippen LogP contribution in [0.4, 0.5) is 0 Å². The highest BCUT2D eigenvalue weighted by Crippen LogP contribution is 2.40. The lowest BCUT2D eigenvalue weighted by molar-refractivity contribution is -0.140. The Bertz CT molecular complexity index is 1140. The highest BCUT2D eigenvalue weighted by molar-refractivity contribution is 6.46. The SMILES string of the molecule is CCCOc1ccc(C(O)=C2C(=O)C(=O)N(CCCN3CCOCC3)[C@H]2c2ccc(OC)cc2)c(C)c1. The molecule has 1 atom stereocenters. The zero-order chi connectivity index (χ0) is 26.4. The van der Waals surface area contributed by atoms with Gasteiger partial charge in [0, 0.05) is 31.7 Å². The largest absolute Gasteiger partial charge is 0.507 e. The van der Waals surface area contributed by atoms with Gasteiger partial charge in [0.05, 0.1) is 38.5 Å². The summed E-state index contributed by atoms with van der Waals surface area (Å²) >= 11 is 0. The molecule has 0 saturated carbocycles. The van der Waals surface area contributed by atoms with E-state index < -0.39 is 17.7 Å². The smallest absolute Gasteiger partial charge is 0.295 e. The maximum Gasteiger partial charge on any atom is 0.295 e. The van der Waals surface area contributed by atoms with Crippen molar-refractivity contribution in [2.24, 2.45) is 0 Å². The lowest BCUT2D eigenvalue weighted by Crippen LogP contribution is -2.38. The van der Waals surface area contributed by atoms with Gasteiger partial charge in [0.15, 0.2) is 0 Å². The van der Waals surface area contributed by atoms with E-state index in [-0.39, 0.29) is 11.3 Å². The van der Waals surface area contributed by atoms with Crippen LogP contribution in [0, 0.1) is 6.92 Å². The first-order valence-electron chi connectivity index (χ1n) is 12.9. The number of benzene rings is 2. The molecule has 4 rings (SSSR count). The average Bonchev–Trinajstić information content (AvgIpc) is 3.17. The molecule has 0 radical (unpaired) electrons. The first kappa shape index (κ1) is 26.7. The fraction of sp³-hybridized carbons (Fsp3) is 0.448. The van der Waals surface area contributed by atoms with Gasteiger partial charge in [-0.05, 0) is 61.2 Å². The second-order valence-electron chi connectivity index (χ2n) is 9.40. The molecular weight excluding hydrogens is 472 g/mol. The van der Waals surface area contributed by atoms with E-state index >= 15 is 0 Å². The summed E-state index contributed by atoms with van der Waals surface area (Å²) in [5, 5.41) is 11.4. The number of rotatable bonds is 10. The molecule has 2 aromatic carbocycles. The standard InChI is InChI=1S/C29H36N2O6/c1-4-16-37-23-10-11-24(20(2)19-23)27(32)25-26(21-6-8-22(35-3)9-7-21)31(29(34)28(25)33)13-5-12-30-14-17-36-18-15-30/h6-11,19,26,32H,4-5,12-18H2,1-3H3/t26-/m0/s1. The third kappa shape index (κ3) is 5.97. The third-order valence-electron chi connectivity index (χ3n) is 6.87. The lowest BCUT2D eigenvalue weighted by atomic mass is 9.93. The van der Waals surface area contributed by atoms with Crippen LogP contribution in [0.25, 0.3) is 5.76 Å². The number of nitrogens with zero attached hydrogens (tertiary/aromatic N) is 2. The molecule has 2 aromatic rings. The number of Topliss-reactive ketones (excluding diaryl/α,β-unsaturated/α-hetero) is 1. The molecule has 0 spiro atoms. The fourth-order valence-electron chi connectivity index (χ4n) is 4.89. The van der Waals surface area contributed by atoms with Crippen LogP contribution in [0.2, 0.25) is 0 Å². The Morgan fingerprint density at radius 1 is 1.05 bits per heavy atom. The second-order valence-corrected chi connectivity index (χ2v) is 9.40. The molecule has 2 aliphatic rings. The van der Waals surface area contributed by atoms with Gasteiger partial charge in [-0.1, -0.05) is 19.1 Å². The predicted molar refractivity (Wildman–Crippen MR) is 141 cm³/mol. The van der Waals surface area contributed by atoms with Crippen LogP contribution in [0.1, 0.15) is 42.5 Å². The van der Waals surface area contributed by atoms with E-state index in [9.17, 15) is 14.7 Å². The summed E-state index contributed by atoms with van der Waals surface area (Å²) in [4.78, 5) is 30.5. The summed E-state index contributed by atoms with van der Waals surface area (Å²) in [6.07, 6.45) is 1.60. The quantitative estimate of drug-likeness (QED) is 0.295. The second kappa shape index (κ2) is 12.3. The third-order valence-corrected chi connectivity index (χ3v) is 6.87. The molecule has 0 unspecified atom stereocenters. The summed E-state index contributed by atoms with van der Waals surface area (Å²) in [6, 6.07) is 11.9. The van der Waals surface area contributed by atoms with E-state index in [0.717, 1.165) is 37.2 Å². The lowest BCUT2D eigenvalue weighted by Gasteiger charge is -2.29. The van der Waals surface area contributed by atoms with Crippen LogP contribution in [-0.2, 0) is 14.3 Å². The van der Waals surface area contributed by atoms with Crippen LogP contribution in [0.3, 0.4) is 0 Å². The number of morpholine rings is 1. The van der Waals surface area contributed by atoms with Gasteiger partial charge >= 0.3 is 0 Å². The molecule has 0 bridgehead atoms. The molecule has 198 valence electrons. The van der Waals surface area contributed by atoms with Crippen molar-refractivity contribution in [1.29, 1.82) is 0 Å². The van der Waals surface area contributed by atoms with Crippen LogP contribution in [-0.4, -0.2) is 79.7 Å². The Morgan fingerprint density at radius 2 is 1.76 bits per heavy atom. The Labute approximate surface area is 218 Å². The molecule has 0 aliphatic carbocycles. The molecule has 1 amide bonds. The normalized spacial score (nSPS) is 19.9. The summed E-state index contributed by atoms with van der Waals surface area (Å²) in [6.45, 7) is 8.82. The number of aryl methyl sites for hydroxylation is 1. The minimum Gasteiger partial charge on any atom is -0.507 e. The van der Waals surface area contributed by atoms with Gasteiger partial charge in [0.25, 0.3) is 11.7 Å². The molecule has 8 heteroatoms. The van der Waals surface area contributed by atoms with Gasteiger partial charge in [-0.15, -0.1) is 0 Å². The van der Waals surface area contributed by atoms with Crippen LogP contribution >= 0.6 is 0 Å². The first-order chi connectivity index (χ1) is 17.9. The number of aliphatic hydroxyl groups is 1. The van der Waals surface area contributed by atoms with E-state index in [1.165, 1.54) is 0 Å². The molecular formula is C29H36N2O6. The Kier molecular flexibility index (Phi) is 8.84. The van der Waals surface area contributed by atoms with E-state index in [1.54, 1.807) is 36.3 Å². The van der Waals surface area contributed by atoms with Crippen LogP contribution in [0.15, 0.2) is 48.0 Å². The number of aliphatic hydroxyl groups excluding tert-OH is 1. The van der Waals surface area contributed by atoms with Crippen LogP contribution in [0.5, 0.6) is 11.5 Å². The van der Waals surface area contributed by atoms with Crippen molar-refractivity contribution in [3.63, 3.8) is 0 Å². The first-order valence-corrected chi connectivity index (χ1v) is 12.9. The minimum atomic E-state index is -0.689. The van der Waals surface area contributed by atoms with Crippen molar-refractivity contribution in [3.8, 4) is 11.5 Å². The Hall–Kier alpha value is -3.36. The molecule has 1 N–H and O–H groups in total. The number of hydrogen-bond donors (Lipinski definition) is 1. The summed E-state index contributed by atoms with van der Waals surface area (Å²) < 4.78 is 16.4. The van der Waals surface area contributed by atoms with Crippen LogP contribution < -0.4 is 9.47 Å².